The van der Waals surface area contributed by atoms with Crippen molar-refractivity contribution < 1.29 is 23.4 Å². The smallest absolute Gasteiger partial charge is 0.290 e. The molecule has 0 spiro atoms. The maximum Gasteiger partial charge on any atom is 0.290 e. The van der Waals surface area contributed by atoms with E-state index in [1.165, 1.54) is 11.8 Å². The molecule has 2 heterocycles. The number of benzene rings is 2. The minimum Gasteiger partial charge on any atom is -0.493 e. The molecule has 1 aliphatic heterocycles. The fraction of sp³-hybridized carbons (Fsp3) is 0.346. The monoisotopic (exact) mass is 435 g/mol. The van der Waals surface area contributed by atoms with E-state index >= 15 is 0 Å². The number of furan rings is 1. The van der Waals surface area contributed by atoms with Crippen molar-refractivity contribution in [3.05, 3.63) is 77.2 Å². The highest BCUT2D eigenvalue weighted by Gasteiger charge is 2.34. The van der Waals surface area contributed by atoms with Crippen molar-refractivity contribution in [1.82, 2.24) is 4.90 Å². The largest absolute Gasteiger partial charge is 0.493 e. The van der Waals surface area contributed by atoms with Gasteiger partial charge in [-0.1, -0.05) is 26.0 Å². The van der Waals surface area contributed by atoms with Crippen LogP contribution in [0.1, 0.15) is 53.1 Å². The maximum absolute atomic E-state index is 13.2. The first kappa shape index (κ1) is 21.8. The minimum absolute atomic E-state index is 0.154. The molecule has 4 rings (SSSR count). The van der Waals surface area contributed by atoms with Crippen molar-refractivity contribution in [3.8, 4) is 17.2 Å². The molecule has 0 radical (unpaired) electrons. The van der Waals surface area contributed by atoms with Crippen molar-refractivity contribution in [1.29, 1.82) is 0 Å². The third kappa shape index (κ3) is 4.31. The molecule has 6 heteroatoms. The van der Waals surface area contributed by atoms with Gasteiger partial charge in [-0.05, 0) is 65.4 Å². The molecule has 0 unspecified atom stereocenters. The average molecular weight is 436 g/mol. The number of methoxy groups -OCH3 is 2. The summed E-state index contributed by atoms with van der Waals surface area (Å²) in [5, 5.41) is 0. The van der Waals surface area contributed by atoms with Crippen molar-refractivity contribution in [3.63, 3.8) is 0 Å². The number of ether oxygens (including phenoxy) is 3. The predicted molar refractivity (Wildman–Crippen MR) is 122 cm³/mol. The number of hydrogen-bond acceptors (Lipinski definition) is 5. The van der Waals surface area contributed by atoms with E-state index in [4.69, 9.17) is 18.6 Å². The molecule has 1 aromatic heterocycles. The molecule has 0 aliphatic carbocycles. The van der Waals surface area contributed by atoms with Gasteiger partial charge in [-0.25, -0.2) is 0 Å². The predicted octanol–water partition coefficient (Wildman–Crippen LogP) is 5.24. The van der Waals surface area contributed by atoms with Gasteiger partial charge < -0.3 is 23.5 Å². The summed E-state index contributed by atoms with van der Waals surface area (Å²) in [5.41, 5.74) is 3.37. The average Bonchev–Trinajstić information content (AvgIpc) is 3.36. The summed E-state index contributed by atoms with van der Waals surface area (Å²) in [5.74, 6) is 2.70. The highest BCUT2D eigenvalue weighted by Crippen LogP contribution is 2.39. The van der Waals surface area contributed by atoms with Crippen LogP contribution in [0.15, 0.2) is 59.2 Å². The van der Waals surface area contributed by atoms with Crippen LogP contribution in [0.5, 0.6) is 17.2 Å². The van der Waals surface area contributed by atoms with Gasteiger partial charge in [0.1, 0.15) is 12.4 Å². The second-order valence-electron chi connectivity index (χ2n) is 8.18. The molecule has 32 heavy (non-hydrogen) atoms. The second-order valence-corrected chi connectivity index (χ2v) is 8.18. The van der Waals surface area contributed by atoms with Gasteiger partial charge in [0, 0.05) is 6.54 Å². The Balaban J connectivity index is 1.65. The molecule has 0 saturated heterocycles. The molecular formula is C26H29NO5. The van der Waals surface area contributed by atoms with E-state index in [1.54, 1.807) is 26.4 Å². The first-order valence-corrected chi connectivity index (χ1v) is 10.8. The summed E-state index contributed by atoms with van der Waals surface area (Å²) >= 11 is 0. The Hall–Kier alpha value is -3.41. The molecular weight excluding hydrogens is 406 g/mol. The summed E-state index contributed by atoms with van der Waals surface area (Å²) in [7, 11) is 3.24. The second kappa shape index (κ2) is 9.39. The van der Waals surface area contributed by atoms with Crippen molar-refractivity contribution in [2.75, 3.05) is 27.4 Å². The van der Waals surface area contributed by atoms with Gasteiger partial charge in [-0.3, -0.25) is 4.79 Å². The van der Waals surface area contributed by atoms with E-state index in [0.717, 1.165) is 16.9 Å². The fourth-order valence-electron chi connectivity index (χ4n) is 4.12. The van der Waals surface area contributed by atoms with Crippen LogP contribution >= 0.6 is 0 Å². The zero-order valence-corrected chi connectivity index (χ0v) is 19.0. The Morgan fingerprint density at radius 1 is 1.09 bits per heavy atom. The molecule has 6 nitrogen and oxygen atoms in total. The summed E-state index contributed by atoms with van der Waals surface area (Å²) in [4.78, 5) is 15.0. The summed E-state index contributed by atoms with van der Waals surface area (Å²) in [6.07, 6.45) is 2.22. The van der Waals surface area contributed by atoms with Crippen LogP contribution in [0.4, 0.5) is 0 Å². The lowest BCUT2D eigenvalue weighted by Gasteiger charge is -2.37. The van der Waals surface area contributed by atoms with Crippen LogP contribution in [0.25, 0.3) is 0 Å². The molecule has 0 fully saturated rings. The molecule has 168 valence electrons. The summed E-state index contributed by atoms with van der Waals surface area (Å²) < 4.78 is 22.6. The zero-order valence-electron chi connectivity index (χ0n) is 19.0. The normalized spacial score (nSPS) is 15.4. The summed E-state index contributed by atoms with van der Waals surface area (Å²) in [6, 6.07) is 15.2. The van der Waals surface area contributed by atoms with Gasteiger partial charge in [-0.15, -0.1) is 0 Å². The van der Waals surface area contributed by atoms with E-state index in [0.29, 0.717) is 42.7 Å². The third-order valence-electron chi connectivity index (χ3n) is 5.95. The van der Waals surface area contributed by atoms with Crippen molar-refractivity contribution >= 4 is 5.91 Å². The fourth-order valence-corrected chi connectivity index (χ4v) is 4.12. The Bertz CT molecular complexity index is 1060. The Kier molecular flexibility index (Phi) is 6.40. The molecule has 2 aromatic carbocycles. The van der Waals surface area contributed by atoms with E-state index in [-0.39, 0.29) is 11.9 Å². The Labute approximate surface area is 188 Å². The molecule has 0 saturated carbocycles. The van der Waals surface area contributed by atoms with Crippen molar-refractivity contribution in [2.24, 2.45) is 0 Å². The number of carbonyl (C=O) groups is 1. The SMILES string of the molecule is COc1cc2c(cc1OC)[C@@H](COc1ccc(C(C)C)cc1)N(C(=O)c1ccco1)CC2. The highest BCUT2D eigenvalue weighted by molar-refractivity contribution is 5.92. The zero-order chi connectivity index (χ0) is 22.7. The Morgan fingerprint density at radius 2 is 1.81 bits per heavy atom. The van der Waals surface area contributed by atoms with Crippen LogP contribution in [-0.4, -0.2) is 38.2 Å². The lowest BCUT2D eigenvalue weighted by Crippen LogP contribution is -2.42. The third-order valence-corrected chi connectivity index (χ3v) is 5.95. The number of fused-ring (bicyclic) bond motifs is 1. The molecule has 0 bridgehead atoms. The van der Waals surface area contributed by atoms with E-state index < -0.39 is 0 Å². The quantitative estimate of drug-likeness (QED) is 0.508. The van der Waals surface area contributed by atoms with Gasteiger partial charge in [0.2, 0.25) is 0 Å². The van der Waals surface area contributed by atoms with E-state index in [2.05, 4.69) is 26.0 Å². The molecule has 1 aliphatic rings. The number of amides is 1. The number of rotatable bonds is 7. The number of nitrogens with zero attached hydrogens (tertiary/aromatic N) is 1. The maximum atomic E-state index is 13.2. The summed E-state index contributed by atoms with van der Waals surface area (Å²) in [6.45, 7) is 5.20. The Morgan fingerprint density at radius 3 is 2.44 bits per heavy atom. The highest BCUT2D eigenvalue weighted by atomic mass is 16.5. The van der Waals surface area contributed by atoms with Crippen molar-refractivity contribution in [2.45, 2.75) is 32.2 Å². The topological polar surface area (TPSA) is 61.1 Å². The standard InChI is InChI=1S/C26H29NO5/c1-17(2)18-7-9-20(10-8-18)32-16-22-21-15-25(30-4)24(29-3)14-19(21)11-12-27(22)26(28)23-6-5-13-31-23/h5-10,13-15,17,22H,11-12,16H2,1-4H3/t22-/m1/s1. The van der Waals surface area contributed by atoms with Crippen LogP contribution in [0.3, 0.4) is 0 Å². The van der Waals surface area contributed by atoms with Gasteiger partial charge >= 0.3 is 0 Å². The molecule has 3 aromatic rings. The first-order valence-electron chi connectivity index (χ1n) is 10.8. The van der Waals surface area contributed by atoms with Gasteiger partial charge in [0.05, 0.1) is 26.5 Å². The van der Waals surface area contributed by atoms with Gasteiger partial charge in [0.25, 0.3) is 5.91 Å². The van der Waals surface area contributed by atoms with Crippen LogP contribution in [0.2, 0.25) is 0 Å². The lowest BCUT2D eigenvalue weighted by atomic mass is 9.92. The lowest BCUT2D eigenvalue weighted by molar-refractivity contribution is 0.0557. The van der Waals surface area contributed by atoms with Gasteiger partial charge in [0.15, 0.2) is 17.3 Å². The van der Waals surface area contributed by atoms with Crippen LogP contribution in [-0.2, 0) is 6.42 Å². The van der Waals surface area contributed by atoms with E-state index in [1.807, 2.05) is 29.2 Å². The van der Waals surface area contributed by atoms with Crippen LogP contribution in [0, 0.1) is 0 Å². The van der Waals surface area contributed by atoms with Crippen LogP contribution < -0.4 is 14.2 Å². The minimum atomic E-state index is -0.291. The van der Waals surface area contributed by atoms with Gasteiger partial charge in [-0.2, -0.15) is 0 Å². The molecule has 0 N–H and O–H groups in total. The number of hydrogen-bond donors (Lipinski definition) is 0. The molecule has 1 amide bonds. The van der Waals surface area contributed by atoms with E-state index in [9.17, 15) is 4.79 Å². The molecule has 1 atom stereocenters. The number of carbonyl (C=O) groups excluding carboxylic acids is 1. The first-order chi connectivity index (χ1) is 15.5.